The van der Waals surface area contributed by atoms with Crippen LogP contribution in [0.4, 0.5) is 0 Å². The Kier molecular flexibility index (Phi) is 5.18. The summed E-state index contributed by atoms with van der Waals surface area (Å²) in [7, 11) is 0. The van der Waals surface area contributed by atoms with E-state index in [1.54, 1.807) is 0 Å². The molecule has 1 aliphatic carbocycles. The summed E-state index contributed by atoms with van der Waals surface area (Å²) in [5.41, 5.74) is 3.79. The van der Waals surface area contributed by atoms with Gasteiger partial charge in [0, 0.05) is 12.3 Å². The summed E-state index contributed by atoms with van der Waals surface area (Å²) in [6.45, 7) is 4.24. The van der Waals surface area contributed by atoms with E-state index in [-0.39, 0.29) is 0 Å². The number of rotatable bonds is 3. The summed E-state index contributed by atoms with van der Waals surface area (Å²) in [5, 5.41) is 0. The third-order valence-corrected chi connectivity index (χ3v) is 4.56. The number of hydrogen-bond donors (Lipinski definition) is 0. The summed E-state index contributed by atoms with van der Waals surface area (Å²) < 4.78 is 0. The molecule has 0 bridgehead atoms. The fourth-order valence-corrected chi connectivity index (χ4v) is 3.22. The van der Waals surface area contributed by atoms with Gasteiger partial charge in [0.2, 0.25) is 0 Å². The molecule has 1 fully saturated rings. The second-order valence-corrected chi connectivity index (χ2v) is 6.06. The van der Waals surface area contributed by atoms with E-state index in [0.29, 0.717) is 18.1 Å². The molecule has 0 unspecified atom stereocenters. The minimum absolute atomic E-state index is 0.319. The molecule has 0 N–H and O–H groups in total. The highest BCUT2D eigenvalue weighted by atomic mass is 16.1. The van der Waals surface area contributed by atoms with Gasteiger partial charge in [0.15, 0.2) is 0 Å². The van der Waals surface area contributed by atoms with Crippen LogP contribution in [-0.4, -0.2) is 5.78 Å². The summed E-state index contributed by atoms with van der Waals surface area (Å²) in [6.07, 6.45) is 9.33. The van der Waals surface area contributed by atoms with Gasteiger partial charge in [-0.1, -0.05) is 50.3 Å². The Labute approximate surface area is 117 Å². The van der Waals surface area contributed by atoms with Crippen LogP contribution in [0.15, 0.2) is 18.2 Å². The Morgan fingerprint density at radius 1 is 1.00 bits per heavy atom. The van der Waals surface area contributed by atoms with Crippen LogP contribution in [0, 0.1) is 19.8 Å². The van der Waals surface area contributed by atoms with E-state index >= 15 is 0 Å². The molecule has 0 aliphatic heterocycles. The third kappa shape index (κ3) is 3.92. The third-order valence-electron chi connectivity index (χ3n) is 4.56. The second kappa shape index (κ2) is 6.88. The molecule has 0 amide bonds. The van der Waals surface area contributed by atoms with E-state index in [9.17, 15) is 4.79 Å². The molecule has 0 heterocycles. The molecule has 0 aromatic heterocycles. The molecule has 0 radical (unpaired) electrons. The topological polar surface area (TPSA) is 17.1 Å². The zero-order chi connectivity index (χ0) is 13.7. The maximum Gasteiger partial charge on any atom is 0.140 e. The maximum absolute atomic E-state index is 12.5. The molecule has 0 atom stereocenters. The van der Waals surface area contributed by atoms with Crippen molar-refractivity contribution < 1.29 is 4.79 Å². The molecule has 0 saturated heterocycles. The SMILES string of the molecule is Cc1cccc(C)c1CC(=O)C1CCCCCCC1. The van der Waals surface area contributed by atoms with Gasteiger partial charge in [-0.2, -0.15) is 0 Å². The number of Topliss-reactive ketones (excluding diaryl/α,β-unsaturated/α-hetero) is 1. The van der Waals surface area contributed by atoms with Gasteiger partial charge in [-0.25, -0.2) is 0 Å². The van der Waals surface area contributed by atoms with Crippen LogP contribution in [0.1, 0.15) is 61.6 Å². The highest BCUT2D eigenvalue weighted by Gasteiger charge is 2.20. The number of carbonyl (C=O) groups is 1. The molecule has 2 rings (SSSR count). The molecule has 1 saturated carbocycles. The van der Waals surface area contributed by atoms with Crippen molar-refractivity contribution in [3.05, 3.63) is 34.9 Å². The van der Waals surface area contributed by atoms with E-state index < -0.39 is 0 Å². The first-order valence-corrected chi connectivity index (χ1v) is 7.76. The van der Waals surface area contributed by atoms with Crippen molar-refractivity contribution in [2.75, 3.05) is 0 Å². The highest BCUT2D eigenvalue weighted by Crippen LogP contribution is 2.25. The lowest BCUT2D eigenvalue weighted by Crippen LogP contribution is -2.19. The molecule has 0 spiro atoms. The van der Waals surface area contributed by atoms with E-state index in [1.807, 2.05) is 0 Å². The molecule has 1 nitrogen and oxygen atoms in total. The average Bonchev–Trinajstić information content (AvgIpc) is 2.33. The van der Waals surface area contributed by atoms with Gasteiger partial charge in [-0.3, -0.25) is 4.79 Å². The normalized spacial score (nSPS) is 17.8. The number of ketones is 1. The lowest BCUT2D eigenvalue weighted by Gasteiger charge is -2.19. The van der Waals surface area contributed by atoms with Gasteiger partial charge in [0.25, 0.3) is 0 Å². The van der Waals surface area contributed by atoms with Gasteiger partial charge in [-0.05, 0) is 43.4 Å². The number of benzene rings is 1. The summed E-state index contributed by atoms with van der Waals surface area (Å²) in [5.74, 6) is 0.790. The van der Waals surface area contributed by atoms with Gasteiger partial charge in [0.1, 0.15) is 5.78 Å². The lowest BCUT2D eigenvalue weighted by molar-refractivity contribution is -0.122. The van der Waals surface area contributed by atoms with E-state index in [4.69, 9.17) is 0 Å². The van der Waals surface area contributed by atoms with Gasteiger partial charge >= 0.3 is 0 Å². The molecule has 1 aromatic carbocycles. The molecule has 1 aliphatic rings. The standard InChI is InChI=1S/C18H26O/c1-14-9-8-10-15(2)17(14)13-18(19)16-11-6-4-3-5-7-12-16/h8-10,16H,3-7,11-13H2,1-2H3. The summed E-state index contributed by atoms with van der Waals surface area (Å²) >= 11 is 0. The first kappa shape index (κ1) is 14.3. The predicted molar refractivity (Wildman–Crippen MR) is 80.4 cm³/mol. The maximum atomic E-state index is 12.5. The van der Waals surface area contributed by atoms with Gasteiger partial charge in [0.05, 0.1) is 0 Å². The van der Waals surface area contributed by atoms with Crippen molar-refractivity contribution >= 4 is 5.78 Å². The Balaban J connectivity index is 2.03. The van der Waals surface area contributed by atoms with Crippen LogP contribution in [0.5, 0.6) is 0 Å². The van der Waals surface area contributed by atoms with E-state index in [2.05, 4.69) is 32.0 Å². The predicted octanol–water partition coefficient (Wildman–Crippen LogP) is 4.78. The van der Waals surface area contributed by atoms with Crippen LogP contribution < -0.4 is 0 Å². The molecular weight excluding hydrogens is 232 g/mol. The van der Waals surface area contributed by atoms with E-state index in [1.165, 1.54) is 48.8 Å². The van der Waals surface area contributed by atoms with Crippen molar-refractivity contribution in [2.45, 2.75) is 65.2 Å². The monoisotopic (exact) mass is 258 g/mol. The van der Waals surface area contributed by atoms with Crippen LogP contribution in [0.3, 0.4) is 0 Å². The smallest absolute Gasteiger partial charge is 0.140 e. The molecule has 104 valence electrons. The van der Waals surface area contributed by atoms with Crippen LogP contribution in [0.2, 0.25) is 0 Å². The molecular formula is C18H26O. The molecule has 1 aromatic rings. The molecule has 1 heteroatoms. The fraction of sp³-hybridized carbons (Fsp3) is 0.611. The van der Waals surface area contributed by atoms with Crippen LogP contribution in [0.25, 0.3) is 0 Å². The number of aryl methyl sites for hydroxylation is 2. The minimum atomic E-state index is 0.319. The lowest BCUT2D eigenvalue weighted by atomic mass is 9.85. The average molecular weight is 258 g/mol. The zero-order valence-corrected chi connectivity index (χ0v) is 12.4. The largest absolute Gasteiger partial charge is 0.299 e. The van der Waals surface area contributed by atoms with Crippen LogP contribution in [-0.2, 0) is 11.2 Å². The van der Waals surface area contributed by atoms with Crippen molar-refractivity contribution in [1.82, 2.24) is 0 Å². The summed E-state index contributed by atoms with van der Waals surface area (Å²) in [6, 6.07) is 6.32. The van der Waals surface area contributed by atoms with Crippen molar-refractivity contribution in [2.24, 2.45) is 5.92 Å². The van der Waals surface area contributed by atoms with Crippen molar-refractivity contribution in [3.8, 4) is 0 Å². The molecule has 19 heavy (non-hydrogen) atoms. The Hall–Kier alpha value is -1.11. The van der Waals surface area contributed by atoms with Gasteiger partial charge < -0.3 is 0 Å². The van der Waals surface area contributed by atoms with E-state index in [0.717, 1.165) is 12.8 Å². The quantitative estimate of drug-likeness (QED) is 0.763. The Bertz CT molecular complexity index is 405. The Morgan fingerprint density at radius 2 is 1.53 bits per heavy atom. The summed E-state index contributed by atoms with van der Waals surface area (Å²) in [4.78, 5) is 12.5. The Morgan fingerprint density at radius 3 is 2.11 bits per heavy atom. The van der Waals surface area contributed by atoms with Gasteiger partial charge in [-0.15, -0.1) is 0 Å². The minimum Gasteiger partial charge on any atom is -0.299 e. The highest BCUT2D eigenvalue weighted by molar-refractivity contribution is 5.83. The van der Waals surface area contributed by atoms with Crippen molar-refractivity contribution in [1.29, 1.82) is 0 Å². The van der Waals surface area contributed by atoms with Crippen molar-refractivity contribution in [3.63, 3.8) is 0 Å². The van der Waals surface area contributed by atoms with Crippen LogP contribution >= 0.6 is 0 Å². The number of hydrogen-bond acceptors (Lipinski definition) is 1. The zero-order valence-electron chi connectivity index (χ0n) is 12.4. The fourth-order valence-electron chi connectivity index (χ4n) is 3.22. The second-order valence-electron chi connectivity index (χ2n) is 6.06. The first-order valence-electron chi connectivity index (χ1n) is 7.76. The first-order chi connectivity index (χ1) is 9.18. The number of carbonyl (C=O) groups excluding carboxylic acids is 1.